The molecule has 2 aromatic rings. The Morgan fingerprint density at radius 2 is 1.69 bits per heavy atom. The van der Waals surface area contributed by atoms with Gasteiger partial charge in [0, 0.05) is 44.6 Å². The van der Waals surface area contributed by atoms with Crippen LogP contribution in [0.5, 0.6) is 0 Å². The van der Waals surface area contributed by atoms with Crippen LogP contribution in [-0.4, -0.2) is 43.6 Å². The van der Waals surface area contributed by atoms with E-state index in [2.05, 4.69) is 58.2 Å². The molecule has 1 aliphatic rings. The number of benzene rings is 1. The molecule has 1 aromatic carbocycles. The van der Waals surface area contributed by atoms with Crippen LogP contribution in [0.25, 0.3) is 0 Å². The van der Waals surface area contributed by atoms with Crippen molar-refractivity contribution in [1.82, 2.24) is 10.3 Å². The third-order valence-electron chi connectivity index (χ3n) is 4.76. The lowest BCUT2D eigenvalue weighted by Gasteiger charge is -2.37. The van der Waals surface area contributed by atoms with Crippen molar-refractivity contribution in [2.24, 2.45) is 5.92 Å². The molecule has 1 fully saturated rings. The van der Waals surface area contributed by atoms with Gasteiger partial charge in [0.2, 0.25) is 0 Å². The molecular formula is C21H28N4O. The average Bonchev–Trinajstić information content (AvgIpc) is 2.68. The second-order valence-corrected chi connectivity index (χ2v) is 7.18. The summed E-state index contributed by atoms with van der Waals surface area (Å²) in [7, 11) is 0. The molecule has 1 saturated heterocycles. The second kappa shape index (κ2) is 8.70. The maximum absolute atomic E-state index is 12.3. The van der Waals surface area contributed by atoms with E-state index >= 15 is 0 Å². The fourth-order valence-electron chi connectivity index (χ4n) is 3.16. The highest BCUT2D eigenvalue weighted by atomic mass is 16.1. The second-order valence-electron chi connectivity index (χ2n) is 7.18. The van der Waals surface area contributed by atoms with Gasteiger partial charge in [-0.3, -0.25) is 9.78 Å². The van der Waals surface area contributed by atoms with Crippen molar-refractivity contribution in [2.45, 2.75) is 20.3 Å². The number of piperazine rings is 1. The molecule has 1 amide bonds. The number of anilines is 2. The predicted octanol–water partition coefficient (Wildman–Crippen LogP) is 3.18. The van der Waals surface area contributed by atoms with Crippen molar-refractivity contribution in [3.05, 3.63) is 54.4 Å². The Morgan fingerprint density at radius 3 is 2.35 bits per heavy atom. The Balaban J connectivity index is 1.58. The minimum Gasteiger partial charge on any atom is -0.368 e. The summed E-state index contributed by atoms with van der Waals surface area (Å²) in [5, 5.41) is 2.98. The summed E-state index contributed by atoms with van der Waals surface area (Å²) in [6.45, 7) is 8.80. The van der Waals surface area contributed by atoms with Gasteiger partial charge in [-0.05, 0) is 30.5 Å². The Kier molecular flexibility index (Phi) is 6.10. The largest absolute Gasteiger partial charge is 0.368 e. The van der Waals surface area contributed by atoms with Crippen LogP contribution >= 0.6 is 0 Å². The summed E-state index contributed by atoms with van der Waals surface area (Å²) in [5.41, 5.74) is 2.93. The van der Waals surface area contributed by atoms with Gasteiger partial charge < -0.3 is 15.1 Å². The highest BCUT2D eigenvalue weighted by Gasteiger charge is 2.18. The first-order chi connectivity index (χ1) is 12.6. The van der Waals surface area contributed by atoms with Crippen LogP contribution in [0.3, 0.4) is 0 Å². The van der Waals surface area contributed by atoms with Crippen molar-refractivity contribution < 1.29 is 4.79 Å². The Morgan fingerprint density at radius 1 is 1.04 bits per heavy atom. The predicted molar refractivity (Wildman–Crippen MR) is 107 cm³/mol. The highest BCUT2D eigenvalue weighted by Crippen LogP contribution is 2.20. The van der Waals surface area contributed by atoms with Crippen molar-refractivity contribution >= 4 is 17.3 Å². The molecule has 138 valence electrons. The number of nitrogens with zero attached hydrogens (tertiary/aromatic N) is 3. The third-order valence-corrected chi connectivity index (χ3v) is 4.76. The summed E-state index contributed by atoms with van der Waals surface area (Å²) in [6.07, 6.45) is 4.48. The van der Waals surface area contributed by atoms with Crippen molar-refractivity contribution in [2.75, 3.05) is 42.5 Å². The molecule has 1 aromatic heterocycles. The van der Waals surface area contributed by atoms with Crippen LogP contribution in [0.1, 0.15) is 30.6 Å². The van der Waals surface area contributed by atoms with Gasteiger partial charge in [0.15, 0.2) is 0 Å². The van der Waals surface area contributed by atoms with E-state index in [9.17, 15) is 4.79 Å². The number of para-hydroxylation sites is 1. The molecule has 5 heteroatoms. The molecule has 1 aliphatic heterocycles. The lowest BCUT2D eigenvalue weighted by Crippen LogP contribution is -2.46. The van der Waals surface area contributed by atoms with Crippen LogP contribution in [0, 0.1) is 5.92 Å². The number of nitrogens with one attached hydrogen (secondary N) is 1. The van der Waals surface area contributed by atoms with Crippen molar-refractivity contribution in [3.63, 3.8) is 0 Å². The van der Waals surface area contributed by atoms with Gasteiger partial charge in [0.05, 0.1) is 17.4 Å². The van der Waals surface area contributed by atoms with Crippen LogP contribution < -0.4 is 15.1 Å². The van der Waals surface area contributed by atoms with Gasteiger partial charge in [-0.1, -0.05) is 32.0 Å². The van der Waals surface area contributed by atoms with E-state index in [0.717, 1.165) is 38.3 Å². The molecule has 0 unspecified atom stereocenters. The lowest BCUT2D eigenvalue weighted by atomic mass is 10.1. The summed E-state index contributed by atoms with van der Waals surface area (Å²) in [6, 6.07) is 12.5. The van der Waals surface area contributed by atoms with Gasteiger partial charge in [0.25, 0.3) is 5.91 Å². The molecule has 0 saturated carbocycles. The number of hydrogen-bond donors (Lipinski definition) is 1. The van der Waals surface area contributed by atoms with Crippen molar-refractivity contribution in [3.8, 4) is 0 Å². The van der Waals surface area contributed by atoms with Crippen LogP contribution in [0.15, 0.2) is 48.8 Å². The van der Waals surface area contributed by atoms with Gasteiger partial charge in [-0.2, -0.15) is 0 Å². The molecule has 1 N–H and O–H groups in total. The van der Waals surface area contributed by atoms with E-state index in [1.807, 2.05) is 18.3 Å². The Hall–Kier alpha value is -2.56. The summed E-state index contributed by atoms with van der Waals surface area (Å²) in [4.78, 5) is 21.3. The highest BCUT2D eigenvalue weighted by molar-refractivity contribution is 5.94. The summed E-state index contributed by atoms with van der Waals surface area (Å²) in [5.74, 6) is 0.545. The molecule has 2 heterocycles. The molecule has 0 atom stereocenters. The van der Waals surface area contributed by atoms with Gasteiger partial charge >= 0.3 is 0 Å². The standard InChI is InChI=1S/C21H28N4O/c1-17(2)8-9-23-21(26)18-14-20(16-22-15-18)25-12-10-24(11-13-25)19-6-4-3-5-7-19/h3-7,14-17H,8-13H2,1-2H3,(H,23,26). The maximum atomic E-state index is 12.3. The zero-order chi connectivity index (χ0) is 18.4. The van der Waals surface area contributed by atoms with Gasteiger partial charge in [-0.15, -0.1) is 0 Å². The average molecular weight is 352 g/mol. The molecule has 26 heavy (non-hydrogen) atoms. The quantitative estimate of drug-likeness (QED) is 0.867. The smallest absolute Gasteiger partial charge is 0.252 e. The summed E-state index contributed by atoms with van der Waals surface area (Å²) >= 11 is 0. The first-order valence-corrected chi connectivity index (χ1v) is 9.41. The van der Waals surface area contributed by atoms with E-state index in [1.165, 1.54) is 5.69 Å². The minimum atomic E-state index is -0.0390. The molecule has 3 rings (SSSR count). The van der Waals surface area contributed by atoms with E-state index in [1.54, 1.807) is 6.20 Å². The Labute approximate surface area is 156 Å². The number of amides is 1. The van der Waals surface area contributed by atoms with E-state index in [-0.39, 0.29) is 5.91 Å². The number of carbonyl (C=O) groups excluding carboxylic acids is 1. The molecule has 0 bridgehead atoms. The first kappa shape index (κ1) is 18.2. The summed E-state index contributed by atoms with van der Waals surface area (Å²) < 4.78 is 0. The molecule has 0 radical (unpaired) electrons. The van der Waals surface area contributed by atoms with Crippen LogP contribution in [0.4, 0.5) is 11.4 Å². The van der Waals surface area contributed by atoms with Crippen LogP contribution in [-0.2, 0) is 0 Å². The number of rotatable bonds is 6. The maximum Gasteiger partial charge on any atom is 0.252 e. The van der Waals surface area contributed by atoms with Crippen molar-refractivity contribution in [1.29, 1.82) is 0 Å². The molecule has 0 spiro atoms. The monoisotopic (exact) mass is 352 g/mol. The topological polar surface area (TPSA) is 48.5 Å². The fraction of sp³-hybridized carbons (Fsp3) is 0.429. The molecular weight excluding hydrogens is 324 g/mol. The zero-order valence-corrected chi connectivity index (χ0v) is 15.7. The SMILES string of the molecule is CC(C)CCNC(=O)c1cncc(N2CCN(c3ccccc3)CC2)c1. The van der Waals surface area contributed by atoms with Gasteiger partial charge in [-0.25, -0.2) is 0 Å². The fourth-order valence-corrected chi connectivity index (χ4v) is 3.16. The van der Waals surface area contributed by atoms with E-state index in [0.29, 0.717) is 18.0 Å². The zero-order valence-electron chi connectivity index (χ0n) is 15.7. The molecule has 5 nitrogen and oxygen atoms in total. The number of pyridine rings is 1. The van der Waals surface area contributed by atoms with Gasteiger partial charge in [0.1, 0.15) is 0 Å². The Bertz CT molecular complexity index is 709. The third kappa shape index (κ3) is 4.75. The van der Waals surface area contributed by atoms with E-state index in [4.69, 9.17) is 0 Å². The number of hydrogen-bond acceptors (Lipinski definition) is 4. The lowest BCUT2D eigenvalue weighted by molar-refractivity contribution is 0.0951. The number of carbonyl (C=O) groups is 1. The minimum absolute atomic E-state index is 0.0390. The molecule has 0 aliphatic carbocycles. The normalized spacial score (nSPS) is 14.6. The van der Waals surface area contributed by atoms with E-state index < -0.39 is 0 Å². The number of aromatic nitrogens is 1. The van der Waals surface area contributed by atoms with Crippen LogP contribution in [0.2, 0.25) is 0 Å². The first-order valence-electron chi connectivity index (χ1n) is 9.41.